The Labute approximate surface area is 63.4 Å². The van der Waals surface area contributed by atoms with Gasteiger partial charge in [0, 0.05) is 11.8 Å². The van der Waals surface area contributed by atoms with Gasteiger partial charge in [0.15, 0.2) is 0 Å². The van der Waals surface area contributed by atoms with E-state index in [1.54, 1.807) is 0 Å². The van der Waals surface area contributed by atoms with Gasteiger partial charge in [-0.25, -0.2) is 0 Å². The van der Waals surface area contributed by atoms with Crippen molar-refractivity contribution >= 4 is 5.97 Å². The smallest absolute Gasteiger partial charge is 0.0939 e. The van der Waals surface area contributed by atoms with E-state index in [0.29, 0.717) is 13.1 Å². The van der Waals surface area contributed by atoms with Crippen LogP contribution in [0.25, 0.3) is 0 Å². The predicted octanol–water partition coefficient (Wildman–Crippen LogP) is -2.51. The van der Waals surface area contributed by atoms with Crippen LogP contribution < -0.4 is 10.8 Å². The van der Waals surface area contributed by atoms with E-state index < -0.39 is 5.97 Å². The van der Waals surface area contributed by atoms with Crippen LogP contribution in [0.5, 0.6) is 0 Å². The van der Waals surface area contributed by atoms with E-state index in [0.717, 1.165) is 0 Å². The van der Waals surface area contributed by atoms with Gasteiger partial charge in [0.1, 0.15) is 0 Å². The van der Waals surface area contributed by atoms with E-state index in [9.17, 15) is 9.90 Å². The van der Waals surface area contributed by atoms with Crippen molar-refractivity contribution in [3.05, 3.63) is 18.0 Å². The van der Waals surface area contributed by atoms with Crippen LogP contribution in [0.15, 0.2) is 12.4 Å². The van der Waals surface area contributed by atoms with E-state index in [1.165, 1.54) is 17.1 Å². The molecule has 0 aliphatic rings. The average Bonchev–Trinajstić information content (AvgIpc) is 2.37. The minimum absolute atomic E-state index is 0.110. The molecule has 0 aromatic carbocycles. The highest BCUT2D eigenvalue weighted by Gasteiger charge is 1.97. The van der Waals surface area contributed by atoms with Crippen molar-refractivity contribution in [3.63, 3.8) is 0 Å². The molecule has 0 bridgehead atoms. The fraction of sp³-hybridized carbons (Fsp3) is 0.333. The quantitative estimate of drug-likeness (QED) is 0.523. The van der Waals surface area contributed by atoms with Gasteiger partial charge in [-0.15, -0.1) is 0 Å². The second-order valence-electron chi connectivity index (χ2n) is 2.13. The Kier molecular flexibility index (Phi) is 2.22. The summed E-state index contributed by atoms with van der Waals surface area (Å²) in [5.41, 5.74) is 3.72. The van der Waals surface area contributed by atoms with E-state index in [4.69, 9.17) is 0 Å². The normalized spacial score (nSPS) is 9.91. The zero-order valence-corrected chi connectivity index (χ0v) is 5.99. The summed E-state index contributed by atoms with van der Waals surface area (Å²) in [6.07, 6.45) is 2.70. The monoisotopic (exact) mass is 155 g/mol. The molecule has 1 heterocycles. The lowest BCUT2D eigenvalue weighted by Gasteiger charge is -1.94. The Hall–Kier alpha value is -1.36. The Bertz CT molecular complexity index is 256. The lowest BCUT2D eigenvalue weighted by Crippen LogP contribution is -2.52. The van der Waals surface area contributed by atoms with Gasteiger partial charge in [0.25, 0.3) is 0 Å². The SMILES string of the molecule is [NH3+]CCn1cc(C(=O)[O-])cn1. The van der Waals surface area contributed by atoms with Gasteiger partial charge in [-0.2, -0.15) is 5.10 Å². The molecule has 1 aromatic rings. The van der Waals surface area contributed by atoms with Gasteiger partial charge >= 0.3 is 0 Å². The van der Waals surface area contributed by atoms with Gasteiger partial charge in [-0.3, -0.25) is 4.68 Å². The van der Waals surface area contributed by atoms with Crippen LogP contribution in [0.2, 0.25) is 0 Å². The minimum atomic E-state index is -1.19. The van der Waals surface area contributed by atoms with Crippen LogP contribution in [-0.4, -0.2) is 22.3 Å². The molecule has 0 amide bonds. The van der Waals surface area contributed by atoms with Crippen molar-refractivity contribution in [1.29, 1.82) is 0 Å². The predicted molar refractivity (Wildman–Crippen MR) is 34.3 cm³/mol. The van der Waals surface area contributed by atoms with Gasteiger partial charge in [0.05, 0.1) is 25.3 Å². The fourth-order valence-electron chi connectivity index (χ4n) is 0.753. The topological polar surface area (TPSA) is 85.6 Å². The summed E-state index contributed by atoms with van der Waals surface area (Å²) in [5, 5.41) is 14.0. The Morgan fingerprint density at radius 3 is 3.00 bits per heavy atom. The molecule has 1 aromatic heterocycles. The van der Waals surface area contributed by atoms with Crippen LogP contribution in [0.1, 0.15) is 10.4 Å². The molecule has 0 saturated heterocycles. The summed E-state index contributed by atoms with van der Waals surface area (Å²) in [4.78, 5) is 10.2. The first-order valence-electron chi connectivity index (χ1n) is 3.27. The van der Waals surface area contributed by atoms with E-state index in [2.05, 4.69) is 10.8 Å². The largest absolute Gasteiger partial charge is 0.545 e. The summed E-state index contributed by atoms with van der Waals surface area (Å²) in [5.74, 6) is -1.19. The van der Waals surface area contributed by atoms with E-state index in [-0.39, 0.29) is 5.56 Å². The number of hydrogen-bond donors (Lipinski definition) is 1. The number of carbonyl (C=O) groups excluding carboxylic acids is 1. The molecule has 0 aliphatic heterocycles. The minimum Gasteiger partial charge on any atom is -0.545 e. The number of carbonyl (C=O) groups is 1. The van der Waals surface area contributed by atoms with Crippen molar-refractivity contribution in [3.8, 4) is 0 Å². The average molecular weight is 155 g/mol. The number of aromatic carboxylic acids is 1. The molecular formula is C6H9N3O2. The first-order chi connectivity index (χ1) is 5.24. The molecule has 5 heteroatoms. The Balaban J connectivity index is 2.73. The Morgan fingerprint density at radius 2 is 2.55 bits per heavy atom. The molecule has 0 radical (unpaired) electrons. The van der Waals surface area contributed by atoms with Crippen LogP contribution in [0.4, 0.5) is 0 Å². The molecular weight excluding hydrogens is 146 g/mol. The first-order valence-corrected chi connectivity index (χ1v) is 3.27. The number of carboxylic acids is 1. The lowest BCUT2D eigenvalue weighted by atomic mass is 10.4. The molecule has 11 heavy (non-hydrogen) atoms. The van der Waals surface area contributed by atoms with E-state index >= 15 is 0 Å². The van der Waals surface area contributed by atoms with Crippen molar-refractivity contribution in [1.82, 2.24) is 9.78 Å². The number of rotatable bonds is 3. The third-order valence-electron chi connectivity index (χ3n) is 1.26. The molecule has 0 aliphatic carbocycles. The van der Waals surface area contributed by atoms with Crippen molar-refractivity contribution in [2.45, 2.75) is 6.54 Å². The van der Waals surface area contributed by atoms with Crippen LogP contribution in [0.3, 0.4) is 0 Å². The lowest BCUT2D eigenvalue weighted by molar-refractivity contribution is -0.370. The summed E-state index contributed by atoms with van der Waals surface area (Å²) >= 11 is 0. The maximum atomic E-state index is 10.2. The zero-order chi connectivity index (χ0) is 8.27. The summed E-state index contributed by atoms with van der Waals surface area (Å²) in [6.45, 7) is 1.32. The molecule has 5 nitrogen and oxygen atoms in total. The standard InChI is InChI=1S/C6H9N3O2/c7-1-2-9-4-5(3-8-9)6(10)11/h3-4H,1-2,7H2,(H,10,11). The summed E-state index contributed by atoms with van der Waals surface area (Å²) in [6, 6.07) is 0. The molecule has 1 rings (SSSR count). The third-order valence-corrected chi connectivity index (χ3v) is 1.26. The van der Waals surface area contributed by atoms with Gasteiger partial charge in [0.2, 0.25) is 0 Å². The van der Waals surface area contributed by atoms with E-state index in [1.807, 2.05) is 0 Å². The summed E-state index contributed by atoms with van der Waals surface area (Å²) in [7, 11) is 0. The number of nitrogens with zero attached hydrogens (tertiary/aromatic N) is 2. The van der Waals surface area contributed by atoms with Gasteiger partial charge in [-0.1, -0.05) is 0 Å². The van der Waals surface area contributed by atoms with Crippen LogP contribution >= 0.6 is 0 Å². The third kappa shape index (κ3) is 1.78. The highest BCUT2D eigenvalue weighted by molar-refractivity contribution is 5.84. The molecule has 0 unspecified atom stereocenters. The second kappa shape index (κ2) is 3.16. The van der Waals surface area contributed by atoms with Crippen molar-refractivity contribution in [2.24, 2.45) is 0 Å². The molecule has 0 spiro atoms. The van der Waals surface area contributed by atoms with Crippen LogP contribution in [-0.2, 0) is 6.54 Å². The summed E-state index contributed by atoms with van der Waals surface area (Å²) < 4.78 is 1.53. The second-order valence-corrected chi connectivity index (χ2v) is 2.13. The number of aromatic nitrogens is 2. The van der Waals surface area contributed by atoms with Gasteiger partial charge < -0.3 is 15.6 Å². The number of quaternary nitrogens is 1. The van der Waals surface area contributed by atoms with Crippen molar-refractivity contribution in [2.75, 3.05) is 6.54 Å². The molecule has 60 valence electrons. The molecule has 3 N–H and O–H groups in total. The number of carboxylic acid groups (broad SMARTS) is 1. The van der Waals surface area contributed by atoms with Crippen molar-refractivity contribution < 1.29 is 15.6 Å². The molecule has 0 saturated carbocycles. The Morgan fingerprint density at radius 1 is 1.82 bits per heavy atom. The number of hydrogen-bond acceptors (Lipinski definition) is 3. The fourth-order valence-corrected chi connectivity index (χ4v) is 0.753. The van der Waals surface area contributed by atoms with Gasteiger partial charge in [-0.05, 0) is 0 Å². The molecule has 0 atom stereocenters. The maximum Gasteiger partial charge on any atom is 0.0939 e. The highest BCUT2D eigenvalue weighted by Crippen LogP contribution is 1.93. The molecule has 0 fully saturated rings. The van der Waals surface area contributed by atoms with Crippen LogP contribution in [0, 0.1) is 0 Å². The maximum absolute atomic E-state index is 10.2. The highest BCUT2D eigenvalue weighted by atomic mass is 16.4. The zero-order valence-electron chi connectivity index (χ0n) is 5.99. The first kappa shape index (κ1) is 7.74.